The van der Waals surface area contributed by atoms with Gasteiger partial charge in [0.1, 0.15) is 0 Å². The standard InChI is InChI=1S/C11H15N/c1-9-4-2-5-10-6-3-7-12-11(10)8-9/h3,6-7,9H,2,4-5,8H2,1H3. The zero-order valence-corrected chi connectivity index (χ0v) is 7.59. The molecule has 1 aliphatic carbocycles. The highest BCUT2D eigenvalue weighted by Crippen LogP contribution is 2.21. The Labute approximate surface area is 73.8 Å². The second kappa shape index (κ2) is 3.26. The molecule has 1 heteroatoms. The van der Waals surface area contributed by atoms with E-state index in [2.05, 4.69) is 24.0 Å². The molecule has 0 amide bonds. The van der Waals surface area contributed by atoms with Gasteiger partial charge in [0.15, 0.2) is 0 Å². The van der Waals surface area contributed by atoms with Gasteiger partial charge >= 0.3 is 0 Å². The van der Waals surface area contributed by atoms with Crippen LogP contribution in [0.2, 0.25) is 0 Å². The first-order valence-corrected chi connectivity index (χ1v) is 4.79. The molecular weight excluding hydrogens is 146 g/mol. The average molecular weight is 161 g/mol. The van der Waals surface area contributed by atoms with Crippen LogP contribution in [0.1, 0.15) is 31.0 Å². The van der Waals surface area contributed by atoms with Crippen molar-refractivity contribution in [2.24, 2.45) is 5.92 Å². The maximum Gasteiger partial charge on any atom is 0.0438 e. The maximum atomic E-state index is 4.43. The molecule has 1 nitrogen and oxygen atoms in total. The molecule has 0 aliphatic heterocycles. The van der Waals surface area contributed by atoms with Crippen molar-refractivity contribution >= 4 is 0 Å². The molecule has 64 valence electrons. The quantitative estimate of drug-likeness (QED) is 0.533. The molecule has 1 aromatic heterocycles. The molecule has 1 atom stereocenters. The third-order valence-corrected chi connectivity index (χ3v) is 2.67. The Morgan fingerprint density at radius 1 is 1.50 bits per heavy atom. The van der Waals surface area contributed by atoms with Crippen LogP contribution in [-0.4, -0.2) is 4.98 Å². The summed E-state index contributed by atoms with van der Waals surface area (Å²) in [6.07, 6.45) is 7.01. The van der Waals surface area contributed by atoms with Crippen LogP contribution in [0.25, 0.3) is 0 Å². The number of hydrogen-bond donors (Lipinski definition) is 0. The van der Waals surface area contributed by atoms with E-state index in [1.54, 1.807) is 0 Å². The third kappa shape index (κ3) is 1.50. The highest BCUT2D eigenvalue weighted by atomic mass is 14.7. The Balaban J connectivity index is 2.31. The smallest absolute Gasteiger partial charge is 0.0438 e. The SMILES string of the molecule is CC1CCCc2cccnc2C1. The molecule has 0 bridgehead atoms. The Morgan fingerprint density at radius 3 is 3.33 bits per heavy atom. The lowest BCUT2D eigenvalue weighted by atomic mass is 10.0. The summed E-state index contributed by atoms with van der Waals surface area (Å²) in [5.74, 6) is 0.821. The lowest BCUT2D eigenvalue weighted by Gasteiger charge is -2.05. The van der Waals surface area contributed by atoms with E-state index in [-0.39, 0.29) is 0 Å². The normalized spacial score (nSPS) is 22.9. The molecule has 1 aromatic rings. The van der Waals surface area contributed by atoms with Crippen molar-refractivity contribution in [2.45, 2.75) is 32.6 Å². The zero-order valence-electron chi connectivity index (χ0n) is 7.59. The van der Waals surface area contributed by atoms with Gasteiger partial charge in [-0.1, -0.05) is 19.4 Å². The number of aryl methyl sites for hydroxylation is 1. The summed E-state index contributed by atoms with van der Waals surface area (Å²) in [7, 11) is 0. The van der Waals surface area contributed by atoms with Gasteiger partial charge in [0.25, 0.3) is 0 Å². The van der Waals surface area contributed by atoms with Crippen LogP contribution in [0, 0.1) is 5.92 Å². The van der Waals surface area contributed by atoms with Crippen molar-refractivity contribution < 1.29 is 0 Å². The van der Waals surface area contributed by atoms with Gasteiger partial charge in [0.2, 0.25) is 0 Å². The van der Waals surface area contributed by atoms with Crippen molar-refractivity contribution in [3.05, 3.63) is 29.6 Å². The van der Waals surface area contributed by atoms with E-state index < -0.39 is 0 Å². The summed E-state index contributed by atoms with van der Waals surface area (Å²) in [6, 6.07) is 4.27. The summed E-state index contributed by atoms with van der Waals surface area (Å²) in [4.78, 5) is 4.43. The molecule has 0 spiro atoms. The molecule has 0 saturated carbocycles. The highest BCUT2D eigenvalue weighted by molar-refractivity contribution is 5.21. The fourth-order valence-electron chi connectivity index (χ4n) is 1.96. The molecule has 0 fully saturated rings. The summed E-state index contributed by atoms with van der Waals surface area (Å²) >= 11 is 0. The van der Waals surface area contributed by atoms with E-state index in [1.165, 1.54) is 36.9 Å². The molecule has 1 unspecified atom stereocenters. The van der Waals surface area contributed by atoms with E-state index in [1.807, 2.05) is 6.20 Å². The van der Waals surface area contributed by atoms with E-state index in [4.69, 9.17) is 0 Å². The predicted octanol–water partition coefficient (Wildman–Crippen LogP) is 2.60. The molecule has 1 heterocycles. The van der Waals surface area contributed by atoms with Crippen LogP contribution in [0.3, 0.4) is 0 Å². The monoisotopic (exact) mass is 161 g/mol. The van der Waals surface area contributed by atoms with Crippen molar-refractivity contribution in [3.8, 4) is 0 Å². The van der Waals surface area contributed by atoms with Gasteiger partial charge in [-0.05, 0) is 36.8 Å². The number of fused-ring (bicyclic) bond motifs is 1. The topological polar surface area (TPSA) is 12.9 Å². The first-order chi connectivity index (χ1) is 5.86. The van der Waals surface area contributed by atoms with Gasteiger partial charge < -0.3 is 0 Å². The molecule has 0 aromatic carbocycles. The molecule has 0 radical (unpaired) electrons. The zero-order chi connectivity index (χ0) is 8.39. The minimum absolute atomic E-state index is 0.821. The van der Waals surface area contributed by atoms with Crippen LogP contribution in [0.5, 0.6) is 0 Å². The maximum absolute atomic E-state index is 4.43. The van der Waals surface area contributed by atoms with E-state index >= 15 is 0 Å². The van der Waals surface area contributed by atoms with Gasteiger partial charge in [-0.25, -0.2) is 0 Å². The molecule has 0 N–H and O–H groups in total. The lowest BCUT2D eigenvalue weighted by Crippen LogP contribution is -1.99. The van der Waals surface area contributed by atoms with E-state index in [0.29, 0.717) is 0 Å². The van der Waals surface area contributed by atoms with E-state index in [9.17, 15) is 0 Å². The Hall–Kier alpha value is -0.850. The average Bonchev–Trinajstić information content (AvgIpc) is 2.25. The van der Waals surface area contributed by atoms with Crippen molar-refractivity contribution in [2.75, 3.05) is 0 Å². The first kappa shape index (κ1) is 7.78. The van der Waals surface area contributed by atoms with Crippen molar-refractivity contribution in [1.82, 2.24) is 4.98 Å². The van der Waals surface area contributed by atoms with Crippen LogP contribution >= 0.6 is 0 Å². The van der Waals surface area contributed by atoms with Crippen LogP contribution in [0.4, 0.5) is 0 Å². The van der Waals surface area contributed by atoms with Crippen molar-refractivity contribution in [1.29, 1.82) is 0 Å². The molecule has 12 heavy (non-hydrogen) atoms. The number of nitrogens with zero attached hydrogens (tertiary/aromatic N) is 1. The lowest BCUT2D eigenvalue weighted by molar-refractivity contribution is 0.523. The fourth-order valence-corrected chi connectivity index (χ4v) is 1.96. The minimum atomic E-state index is 0.821. The van der Waals surface area contributed by atoms with Gasteiger partial charge in [-0.3, -0.25) is 4.98 Å². The molecule has 0 saturated heterocycles. The Morgan fingerprint density at radius 2 is 2.42 bits per heavy atom. The number of hydrogen-bond acceptors (Lipinski definition) is 1. The largest absolute Gasteiger partial charge is 0.261 e. The molecular formula is C11H15N. The predicted molar refractivity (Wildman–Crippen MR) is 50.0 cm³/mol. The summed E-state index contributed by atoms with van der Waals surface area (Å²) in [5, 5.41) is 0. The highest BCUT2D eigenvalue weighted by Gasteiger charge is 2.12. The van der Waals surface area contributed by atoms with Gasteiger partial charge in [-0.2, -0.15) is 0 Å². The Kier molecular flexibility index (Phi) is 2.11. The Bertz CT molecular complexity index is 267. The summed E-state index contributed by atoms with van der Waals surface area (Å²) in [6.45, 7) is 2.32. The molecule has 2 rings (SSSR count). The van der Waals surface area contributed by atoms with Crippen LogP contribution in [-0.2, 0) is 12.8 Å². The molecule has 1 aliphatic rings. The first-order valence-electron chi connectivity index (χ1n) is 4.79. The van der Waals surface area contributed by atoms with Crippen LogP contribution in [0.15, 0.2) is 18.3 Å². The van der Waals surface area contributed by atoms with Gasteiger partial charge in [-0.15, -0.1) is 0 Å². The van der Waals surface area contributed by atoms with E-state index in [0.717, 1.165) is 5.92 Å². The number of rotatable bonds is 0. The fraction of sp³-hybridized carbons (Fsp3) is 0.545. The summed E-state index contributed by atoms with van der Waals surface area (Å²) < 4.78 is 0. The summed E-state index contributed by atoms with van der Waals surface area (Å²) in [5.41, 5.74) is 2.81. The number of aromatic nitrogens is 1. The van der Waals surface area contributed by atoms with Crippen molar-refractivity contribution in [3.63, 3.8) is 0 Å². The third-order valence-electron chi connectivity index (χ3n) is 2.67. The number of pyridine rings is 1. The van der Waals surface area contributed by atoms with Gasteiger partial charge in [0, 0.05) is 11.9 Å². The second-order valence-corrected chi connectivity index (χ2v) is 3.81. The second-order valence-electron chi connectivity index (χ2n) is 3.81. The van der Waals surface area contributed by atoms with Crippen LogP contribution < -0.4 is 0 Å². The minimum Gasteiger partial charge on any atom is -0.261 e. The van der Waals surface area contributed by atoms with Gasteiger partial charge in [0.05, 0.1) is 0 Å².